The Kier molecular flexibility index (Phi) is 12.3. The molecular formula is C19H29NO3. The zero-order valence-corrected chi connectivity index (χ0v) is 14.6. The second-order valence-electron chi connectivity index (χ2n) is 5.24. The number of carbonyl (C=O) groups excluding carboxylic acids is 2. The lowest BCUT2D eigenvalue weighted by Crippen LogP contribution is -2.10. The van der Waals surface area contributed by atoms with Crippen LogP contribution in [0, 0.1) is 6.92 Å². The highest BCUT2D eigenvalue weighted by atomic mass is 16.5. The molecule has 4 nitrogen and oxygen atoms in total. The molecule has 0 spiro atoms. The number of benzene rings is 1. The molecule has 1 N–H and O–H groups in total. The number of amides is 1. The van der Waals surface area contributed by atoms with Crippen LogP contribution in [0.25, 0.3) is 0 Å². The lowest BCUT2D eigenvalue weighted by Gasteiger charge is -2.05. The first kappa shape index (κ1) is 20.9. The van der Waals surface area contributed by atoms with Gasteiger partial charge in [0.15, 0.2) is 12.0 Å². The van der Waals surface area contributed by atoms with Gasteiger partial charge < -0.3 is 10.1 Å². The van der Waals surface area contributed by atoms with E-state index in [-0.39, 0.29) is 11.7 Å². The van der Waals surface area contributed by atoms with Crippen molar-refractivity contribution in [1.29, 1.82) is 0 Å². The Morgan fingerprint density at radius 3 is 2.30 bits per heavy atom. The van der Waals surface area contributed by atoms with Gasteiger partial charge in [0.05, 0.1) is 6.61 Å². The van der Waals surface area contributed by atoms with Crippen molar-refractivity contribution >= 4 is 17.9 Å². The third-order valence-electron chi connectivity index (χ3n) is 3.05. The topological polar surface area (TPSA) is 55.4 Å². The number of nitrogens with one attached hydrogen (secondary N) is 1. The summed E-state index contributed by atoms with van der Waals surface area (Å²) in [5, 5.41) is 2.91. The van der Waals surface area contributed by atoms with Gasteiger partial charge in [-0.05, 0) is 32.4 Å². The summed E-state index contributed by atoms with van der Waals surface area (Å²) in [7, 11) is 0. The zero-order valence-electron chi connectivity index (χ0n) is 14.6. The Morgan fingerprint density at radius 1 is 1.17 bits per heavy atom. The van der Waals surface area contributed by atoms with Crippen LogP contribution in [-0.4, -0.2) is 18.8 Å². The highest BCUT2D eigenvalue weighted by Crippen LogP contribution is 2.10. The van der Waals surface area contributed by atoms with Gasteiger partial charge in [0, 0.05) is 12.1 Å². The fraction of sp³-hybridized carbons (Fsp3) is 0.474. The summed E-state index contributed by atoms with van der Waals surface area (Å²) < 4.78 is 4.63. The van der Waals surface area contributed by atoms with E-state index in [0.29, 0.717) is 19.3 Å². The lowest BCUT2D eigenvalue weighted by molar-refractivity contribution is -0.116. The maximum Gasteiger partial charge on any atom is 0.224 e. The van der Waals surface area contributed by atoms with Gasteiger partial charge in [0.1, 0.15) is 0 Å². The molecule has 128 valence electrons. The highest BCUT2D eigenvalue weighted by molar-refractivity contribution is 5.90. The summed E-state index contributed by atoms with van der Waals surface area (Å²) in [4.78, 5) is 21.2. The van der Waals surface area contributed by atoms with E-state index < -0.39 is 0 Å². The minimum absolute atomic E-state index is 0.125. The van der Waals surface area contributed by atoms with E-state index >= 15 is 0 Å². The number of hydrogen-bond acceptors (Lipinski definition) is 3. The highest BCUT2D eigenvalue weighted by Gasteiger charge is 2.01. The second-order valence-corrected chi connectivity index (χ2v) is 5.24. The van der Waals surface area contributed by atoms with Crippen LogP contribution in [0.15, 0.2) is 36.6 Å². The average molecular weight is 319 g/mol. The first-order chi connectivity index (χ1) is 11.0. The van der Waals surface area contributed by atoms with Crippen molar-refractivity contribution in [2.75, 3.05) is 11.9 Å². The molecule has 1 amide bonds. The monoisotopic (exact) mass is 319 g/mol. The number of ether oxygens (including phenoxy) is 1. The zero-order chi connectivity index (χ0) is 17.5. The van der Waals surface area contributed by atoms with Crippen LogP contribution in [0.5, 0.6) is 0 Å². The maximum absolute atomic E-state index is 11.5. The first-order valence-electron chi connectivity index (χ1n) is 8.16. The molecule has 4 heteroatoms. The molecule has 0 radical (unpaired) electrons. The van der Waals surface area contributed by atoms with Crippen molar-refractivity contribution in [1.82, 2.24) is 0 Å². The van der Waals surface area contributed by atoms with E-state index in [1.54, 1.807) is 6.92 Å². The van der Waals surface area contributed by atoms with E-state index in [0.717, 1.165) is 18.5 Å². The van der Waals surface area contributed by atoms with E-state index in [1.807, 2.05) is 31.2 Å². The molecule has 1 aromatic rings. The number of unbranched alkanes of at least 4 members (excludes halogenated alkanes) is 3. The molecule has 0 unspecified atom stereocenters. The average Bonchev–Trinajstić information content (AvgIpc) is 2.54. The third-order valence-corrected chi connectivity index (χ3v) is 3.05. The van der Waals surface area contributed by atoms with Crippen molar-refractivity contribution in [3.8, 4) is 0 Å². The van der Waals surface area contributed by atoms with Crippen LogP contribution in [0.2, 0.25) is 0 Å². The molecule has 0 saturated heterocycles. The molecule has 0 aromatic heterocycles. The van der Waals surface area contributed by atoms with Crippen LogP contribution in [0.1, 0.15) is 51.5 Å². The Morgan fingerprint density at radius 2 is 1.83 bits per heavy atom. The van der Waals surface area contributed by atoms with Gasteiger partial charge in [-0.1, -0.05) is 50.5 Å². The number of aryl methyl sites for hydroxylation is 1. The van der Waals surface area contributed by atoms with Crippen LogP contribution in [0.4, 0.5) is 5.69 Å². The normalized spacial score (nSPS) is 9.35. The van der Waals surface area contributed by atoms with Gasteiger partial charge in [-0.2, -0.15) is 0 Å². The minimum atomic E-state index is 0.125. The van der Waals surface area contributed by atoms with Crippen LogP contribution >= 0.6 is 0 Å². The molecule has 0 fully saturated rings. The molecule has 0 saturated carbocycles. The third kappa shape index (κ3) is 12.2. The van der Waals surface area contributed by atoms with Gasteiger partial charge in [-0.25, -0.2) is 0 Å². The smallest absolute Gasteiger partial charge is 0.224 e. The van der Waals surface area contributed by atoms with Crippen molar-refractivity contribution < 1.29 is 14.3 Å². The van der Waals surface area contributed by atoms with Gasteiger partial charge in [0.25, 0.3) is 0 Å². The van der Waals surface area contributed by atoms with Gasteiger partial charge in [0.2, 0.25) is 5.91 Å². The molecular weight excluding hydrogens is 290 g/mol. The van der Waals surface area contributed by atoms with E-state index in [2.05, 4.69) is 23.6 Å². The summed E-state index contributed by atoms with van der Waals surface area (Å²) in [5.74, 6) is 0.322. The Hall–Kier alpha value is -2.10. The van der Waals surface area contributed by atoms with Crippen molar-refractivity contribution in [3.63, 3.8) is 0 Å². The summed E-state index contributed by atoms with van der Waals surface area (Å²) in [6.07, 6.45) is 5.79. The second kappa shape index (κ2) is 13.6. The summed E-state index contributed by atoms with van der Waals surface area (Å²) >= 11 is 0. The summed E-state index contributed by atoms with van der Waals surface area (Å²) in [6.45, 7) is 9.80. The van der Waals surface area contributed by atoms with E-state index in [4.69, 9.17) is 0 Å². The van der Waals surface area contributed by atoms with Crippen LogP contribution in [-0.2, 0) is 14.3 Å². The van der Waals surface area contributed by atoms with Crippen molar-refractivity contribution in [2.45, 2.75) is 52.9 Å². The fourth-order valence-electron chi connectivity index (χ4n) is 1.79. The quantitative estimate of drug-likeness (QED) is 0.312. The molecule has 1 aromatic carbocycles. The molecule has 0 heterocycles. The molecule has 0 atom stereocenters. The largest absolute Gasteiger partial charge is 0.491 e. The standard InChI is InChI=1S/C14H21NO.C5H8O2/c1-3-4-5-6-7-14(16)15-13-10-8-12(2)9-11-13;1-3-7-5(2)4-6/h8-11H,3-7H2,1-2H3,(H,15,16);4H,2-3H2,1H3. The number of anilines is 1. The maximum atomic E-state index is 11.5. The van der Waals surface area contributed by atoms with Crippen molar-refractivity contribution in [2.24, 2.45) is 0 Å². The summed E-state index contributed by atoms with van der Waals surface area (Å²) in [5.41, 5.74) is 2.10. The number of rotatable bonds is 9. The minimum Gasteiger partial charge on any atom is -0.491 e. The fourth-order valence-corrected chi connectivity index (χ4v) is 1.79. The molecule has 0 aliphatic carbocycles. The van der Waals surface area contributed by atoms with E-state index in [9.17, 15) is 9.59 Å². The van der Waals surface area contributed by atoms with Crippen molar-refractivity contribution in [3.05, 3.63) is 42.2 Å². The Balaban J connectivity index is 0.000000585. The van der Waals surface area contributed by atoms with Crippen LogP contribution in [0.3, 0.4) is 0 Å². The van der Waals surface area contributed by atoms with Gasteiger partial charge in [-0.15, -0.1) is 0 Å². The molecule has 0 aliphatic heterocycles. The predicted molar refractivity (Wildman–Crippen MR) is 95.4 cm³/mol. The predicted octanol–water partition coefficient (Wildman–Crippen LogP) is 4.64. The number of allylic oxidation sites excluding steroid dienone is 1. The molecule has 23 heavy (non-hydrogen) atoms. The SMILES string of the molecule is C=C(C=O)OCC.CCCCCCC(=O)Nc1ccc(C)cc1. The molecule has 0 bridgehead atoms. The number of carbonyl (C=O) groups is 2. The molecule has 0 aliphatic rings. The Labute approximate surface area is 139 Å². The number of hydrogen-bond donors (Lipinski definition) is 1. The lowest BCUT2D eigenvalue weighted by atomic mass is 10.1. The first-order valence-corrected chi connectivity index (χ1v) is 8.16. The Bertz CT molecular complexity index is 466. The summed E-state index contributed by atoms with van der Waals surface area (Å²) in [6, 6.07) is 7.90. The van der Waals surface area contributed by atoms with Crippen LogP contribution < -0.4 is 5.32 Å². The van der Waals surface area contributed by atoms with Gasteiger partial charge in [-0.3, -0.25) is 9.59 Å². The number of aldehydes is 1. The van der Waals surface area contributed by atoms with Gasteiger partial charge >= 0.3 is 0 Å². The molecule has 1 rings (SSSR count). The van der Waals surface area contributed by atoms with E-state index in [1.165, 1.54) is 18.4 Å².